The van der Waals surface area contributed by atoms with E-state index in [0.29, 0.717) is 12.5 Å². The Bertz CT molecular complexity index is 582. The topological polar surface area (TPSA) is 87.3 Å². The van der Waals surface area contributed by atoms with E-state index in [0.717, 1.165) is 41.1 Å². The normalized spacial score (nSPS) is 18.8. The van der Waals surface area contributed by atoms with E-state index < -0.39 is 10.0 Å². The third-order valence-corrected chi connectivity index (χ3v) is 6.79. The molecule has 1 atom stereocenters. The van der Waals surface area contributed by atoms with Crippen LogP contribution in [-0.2, 0) is 14.8 Å². The zero-order valence-corrected chi connectivity index (χ0v) is 14.6. The molecule has 0 radical (unpaired) electrons. The maximum Gasteiger partial charge on any atom is 0.250 e. The van der Waals surface area contributed by atoms with Gasteiger partial charge in [-0.25, -0.2) is 13.1 Å². The van der Waals surface area contributed by atoms with E-state index in [2.05, 4.69) is 31.3 Å². The van der Waals surface area contributed by atoms with Crippen molar-refractivity contribution in [1.29, 1.82) is 0 Å². The summed E-state index contributed by atoms with van der Waals surface area (Å²) in [5, 5.41) is 6.01. The van der Waals surface area contributed by atoms with Gasteiger partial charge in [0.2, 0.25) is 5.91 Å². The summed E-state index contributed by atoms with van der Waals surface area (Å²) in [4.78, 5) is 11.6. The van der Waals surface area contributed by atoms with Gasteiger partial charge in [0, 0.05) is 6.54 Å². The van der Waals surface area contributed by atoms with Gasteiger partial charge in [0.15, 0.2) is 0 Å². The lowest BCUT2D eigenvalue weighted by Gasteiger charge is -2.09. The van der Waals surface area contributed by atoms with Gasteiger partial charge in [-0.15, -0.1) is 11.3 Å². The second-order valence-electron chi connectivity index (χ2n) is 4.88. The zero-order valence-electron chi connectivity index (χ0n) is 11.4. The lowest BCUT2D eigenvalue weighted by molar-refractivity contribution is -0.120. The molecule has 1 unspecified atom stereocenters. The first-order valence-corrected chi connectivity index (χ1v) is 9.79. The minimum Gasteiger partial charge on any atom is -0.355 e. The number of nitrogens with one attached hydrogen (secondary N) is 3. The molecule has 3 N–H and O–H groups in total. The monoisotopic (exact) mass is 395 g/mol. The fourth-order valence-electron chi connectivity index (χ4n) is 2.11. The average Bonchev–Trinajstić information content (AvgIpc) is 3.08. The van der Waals surface area contributed by atoms with Crippen LogP contribution >= 0.6 is 27.3 Å². The molecular formula is C12H18BrN3O3S2. The number of hydrogen-bond donors (Lipinski definition) is 3. The van der Waals surface area contributed by atoms with E-state index in [9.17, 15) is 13.2 Å². The van der Waals surface area contributed by atoms with Gasteiger partial charge in [-0.1, -0.05) is 0 Å². The molecule has 1 aliphatic rings. The summed E-state index contributed by atoms with van der Waals surface area (Å²) in [6, 6.07) is 3.16. The number of hydrogen-bond acceptors (Lipinski definition) is 5. The summed E-state index contributed by atoms with van der Waals surface area (Å²) in [6.45, 7) is 2.38. The van der Waals surface area contributed by atoms with Crippen LogP contribution in [0.1, 0.15) is 12.8 Å². The lowest BCUT2D eigenvalue weighted by Crippen LogP contribution is -2.37. The minimum atomic E-state index is -3.61. The number of sulfonamides is 1. The molecule has 1 aromatic heterocycles. The Hall–Kier alpha value is -0.480. The van der Waals surface area contributed by atoms with E-state index in [1.54, 1.807) is 6.07 Å². The number of thiophene rings is 1. The molecule has 0 bridgehead atoms. The molecule has 21 heavy (non-hydrogen) atoms. The van der Waals surface area contributed by atoms with Gasteiger partial charge in [-0.3, -0.25) is 4.79 Å². The highest BCUT2D eigenvalue weighted by molar-refractivity contribution is 9.11. The Kier molecular flexibility index (Phi) is 6.18. The largest absolute Gasteiger partial charge is 0.355 e. The fourth-order valence-corrected chi connectivity index (χ4v) is 5.15. The Balaban J connectivity index is 1.70. The van der Waals surface area contributed by atoms with Gasteiger partial charge in [0.25, 0.3) is 10.0 Å². The molecule has 1 saturated heterocycles. The number of carbonyl (C=O) groups is 1. The van der Waals surface area contributed by atoms with Gasteiger partial charge in [-0.05, 0) is 59.9 Å². The molecule has 2 heterocycles. The average molecular weight is 396 g/mol. The molecule has 1 aliphatic heterocycles. The van der Waals surface area contributed by atoms with Crippen LogP contribution in [0.15, 0.2) is 20.1 Å². The molecule has 118 valence electrons. The molecule has 0 saturated carbocycles. The minimum absolute atomic E-state index is 0.194. The SMILES string of the molecule is O=C(CNS(=O)(=O)c1ccc(Br)s1)NCCC1CCNC1. The number of rotatable bonds is 7. The molecule has 0 aliphatic carbocycles. The van der Waals surface area contributed by atoms with Crippen molar-refractivity contribution in [2.45, 2.75) is 17.1 Å². The van der Waals surface area contributed by atoms with Crippen molar-refractivity contribution in [2.75, 3.05) is 26.2 Å². The zero-order chi connectivity index (χ0) is 15.3. The highest BCUT2D eigenvalue weighted by atomic mass is 79.9. The van der Waals surface area contributed by atoms with Crippen LogP contribution in [0.2, 0.25) is 0 Å². The Labute approximate surface area is 136 Å². The first kappa shape index (κ1) is 16.9. The first-order valence-electron chi connectivity index (χ1n) is 6.70. The number of halogens is 1. The quantitative estimate of drug-likeness (QED) is 0.639. The summed E-state index contributed by atoms with van der Waals surface area (Å²) in [6.07, 6.45) is 2.05. The molecule has 9 heteroatoms. The van der Waals surface area contributed by atoms with Crippen LogP contribution in [0.5, 0.6) is 0 Å². The van der Waals surface area contributed by atoms with Crippen molar-refractivity contribution in [3.8, 4) is 0 Å². The van der Waals surface area contributed by atoms with Gasteiger partial charge in [0.05, 0.1) is 10.3 Å². The third kappa shape index (κ3) is 5.33. The predicted octanol–water partition coefficient (Wildman–Crippen LogP) is 0.905. The van der Waals surface area contributed by atoms with Crippen molar-refractivity contribution in [1.82, 2.24) is 15.4 Å². The molecular weight excluding hydrogens is 378 g/mol. The van der Waals surface area contributed by atoms with Crippen molar-refractivity contribution in [3.05, 3.63) is 15.9 Å². The maximum absolute atomic E-state index is 11.9. The Morgan fingerprint density at radius 2 is 2.29 bits per heavy atom. The summed E-state index contributed by atoms with van der Waals surface area (Å²) in [5.41, 5.74) is 0. The molecule has 0 spiro atoms. The maximum atomic E-state index is 11.9. The molecule has 0 aromatic carbocycles. The van der Waals surface area contributed by atoms with E-state index in [1.165, 1.54) is 6.07 Å². The van der Waals surface area contributed by atoms with Crippen molar-refractivity contribution >= 4 is 43.2 Å². The fraction of sp³-hybridized carbons (Fsp3) is 0.583. The second kappa shape index (κ2) is 7.68. The third-order valence-electron chi connectivity index (χ3n) is 3.27. The second-order valence-corrected chi connectivity index (χ2v) is 9.34. The first-order chi connectivity index (χ1) is 9.97. The van der Waals surface area contributed by atoms with Crippen LogP contribution < -0.4 is 15.4 Å². The van der Waals surface area contributed by atoms with E-state index in [-0.39, 0.29) is 16.7 Å². The van der Waals surface area contributed by atoms with Gasteiger partial charge in [0.1, 0.15) is 4.21 Å². The Morgan fingerprint density at radius 3 is 2.90 bits per heavy atom. The van der Waals surface area contributed by atoms with Crippen molar-refractivity contribution < 1.29 is 13.2 Å². The van der Waals surface area contributed by atoms with E-state index in [1.807, 2.05) is 0 Å². The highest BCUT2D eigenvalue weighted by Crippen LogP contribution is 2.25. The van der Waals surface area contributed by atoms with E-state index in [4.69, 9.17) is 0 Å². The van der Waals surface area contributed by atoms with Crippen LogP contribution in [0.25, 0.3) is 0 Å². The molecule has 6 nitrogen and oxygen atoms in total. The number of amides is 1. The van der Waals surface area contributed by atoms with Crippen LogP contribution in [0, 0.1) is 5.92 Å². The van der Waals surface area contributed by atoms with Gasteiger partial charge < -0.3 is 10.6 Å². The van der Waals surface area contributed by atoms with E-state index >= 15 is 0 Å². The number of carbonyl (C=O) groups excluding carboxylic acids is 1. The standard InChI is InChI=1S/C12H18BrN3O3S2/c13-10-1-2-12(20-10)21(18,19)16-8-11(17)15-6-4-9-3-5-14-7-9/h1-2,9,14,16H,3-8H2,(H,15,17). The van der Waals surface area contributed by atoms with Crippen LogP contribution in [0.3, 0.4) is 0 Å². The van der Waals surface area contributed by atoms with Crippen LogP contribution in [-0.4, -0.2) is 40.5 Å². The molecule has 1 aromatic rings. The highest BCUT2D eigenvalue weighted by Gasteiger charge is 2.18. The molecule has 1 fully saturated rings. The van der Waals surface area contributed by atoms with Crippen LogP contribution in [0.4, 0.5) is 0 Å². The summed E-state index contributed by atoms with van der Waals surface area (Å²) < 4.78 is 27.1. The molecule has 1 amide bonds. The summed E-state index contributed by atoms with van der Waals surface area (Å²) >= 11 is 4.32. The van der Waals surface area contributed by atoms with Gasteiger partial charge >= 0.3 is 0 Å². The smallest absolute Gasteiger partial charge is 0.250 e. The van der Waals surface area contributed by atoms with Crippen molar-refractivity contribution in [3.63, 3.8) is 0 Å². The van der Waals surface area contributed by atoms with Gasteiger partial charge in [-0.2, -0.15) is 0 Å². The summed E-state index contributed by atoms with van der Waals surface area (Å²) in [7, 11) is -3.61. The summed E-state index contributed by atoms with van der Waals surface area (Å²) in [5.74, 6) is 0.297. The Morgan fingerprint density at radius 1 is 1.48 bits per heavy atom. The predicted molar refractivity (Wildman–Crippen MR) is 85.8 cm³/mol. The lowest BCUT2D eigenvalue weighted by atomic mass is 10.1. The van der Waals surface area contributed by atoms with Crippen molar-refractivity contribution in [2.24, 2.45) is 5.92 Å². The molecule has 2 rings (SSSR count).